The number of amides is 3. The fraction of sp³-hybridized carbons (Fsp3) is 0.526. The maximum atomic E-state index is 12.5. The van der Waals surface area contributed by atoms with Crippen LogP contribution in [0.3, 0.4) is 0 Å². The molecule has 1 aromatic carbocycles. The second-order valence-corrected chi connectivity index (χ2v) is 7.67. The third-order valence-corrected chi connectivity index (χ3v) is 6.05. The average molecular weight is 357 g/mol. The molecule has 7 nitrogen and oxygen atoms in total. The van der Waals surface area contributed by atoms with Crippen LogP contribution in [-0.4, -0.2) is 53.6 Å². The van der Waals surface area contributed by atoms with E-state index in [1.165, 1.54) is 10.5 Å². The van der Waals surface area contributed by atoms with Gasteiger partial charge in [-0.25, -0.2) is 4.79 Å². The molecular formula is C19H23N3O4. The quantitative estimate of drug-likeness (QED) is 0.746. The number of nitrogens with zero attached hydrogens (tertiary/aromatic N) is 2. The van der Waals surface area contributed by atoms with Gasteiger partial charge in [0.05, 0.1) is 0 Å². The summed E-state index contributed by atoms with van der Waals surface area (Å²) in [7, 11) is 0. The molecular weight excluding hydrogens is 334 g/mol. The van der Waals surface area contributed by atoms with Gasteiger partial charge >= 0.3 is 6.09 Å². The highest BCUT2D eigenvalue weighted by Crippen LogP contribution is 2.44. The maximum absolute atomic E-state index is 12.5. The number of carbonyl (C=O) groups excluding carboxylic acids is 2. The van der Waals surface area contributed by atoms with Gasteiger partial charge in [0, 0.05) is 31.7 Å². The van der Waals surface area contributed by atoms with Crippen LogP contribution in [0.1, 0.15) is 31.2 Å². The lowest BCUT2D eigenvalue weighted by molar-refractivity contribution is -0.134. The van der Waals surface area contributed by atoms with E-state index in [1.54, 1.807) is 0 Å². The summed E-state index contributed by atoms with van der Waals surface area (Å²) in [5.74, 6) is -0.433. The standard InChI is InChI=1S/C19H23N3O4/c23-16-6-5-15(17(24)20-16)22-12-19(7-9-21(10-8-19)18(25)26)11-13-3-1-2-4-14(13)22/h1-4,15H,5-12H2,(H,25,26)(H,20,23,24). The SMILES string of the molecule is O=C1CCC(N2CC3(CCN(C(=O)O)CC3)Cc3ccccc32)C(=O)N1. The number of carboxylic acid groups (broad SMARTS) is 1. The number of para-hydroxylation sites is 1. The Morgan fingerprint density at radius 2 is 1.92 bits per heavy atom. The molecule has 7 heteroatoms. The van der Waals surface area contributed by atoms with Crippen molar-refractivity contribution in [1.29, 1.82) is 0 Å². The first-order valence-corrected chi connectivity index (χ1v) is 9.14. The minimum atomic E-state index is -0.863. The molecule has 138 valence electrons. The number of nitrogens with one attached hydrogen (secondary N) is 1. The van der Waals surface area contributed by atoms with Gasteiger partial charge in [0.1, 0.15) is 6.04 Å². The van der Waals surface area contributed by atoms with Crippen molar-refractivity contribution in [3.8, 4) is 0 Å². The van der Waals surface area contributed by atoms with Gasteiger partial charge in [-0.3, -0.25) is 14.9 Å². The number of fused-ring (bicyclic) bond motifs is 1. The Morgan fingerprint density at radius 3 is 2.62 bits per heavy atom. The van der Waals surface area contributed by atoms with Crippen LogP contribution in [0.25, 0.3) is 0 Å². The first kappa shape index (κ1) is 16.9. The van der Waals surface area contributed by atoms with Crippen LogP contribution < -0.4 is 10.2 Å². The third-order valence-electron chi connectivity index (χ3n) is 6.05. The van der Waals surface area contributed by atoms with Gasteiger partial charge in [-0.2, -0.15) is 0 Å². The Hall–Kier alpha value is -2.57. The van der Waals surface area contributed by atoms with Crippen molar-refractivity contribution in [3.05, 3.63) is 29.8 Å². The molecule has 0 aliphatic carbocycles. The highest BCUT2D eigenvalue weighted by atomic mass is 16.4. The maximum Gasteiger partial charge on any atom is 0.407 e. The van der Waals surface area contributed by atoms with Crippen molar-refractivity contribution in [2.45, 2.75) is 38.1 Å². The Balaban J connectivity index is 1.63. The van der Waals surface area contributed by atoms with Crippen LogP contribution in [0, 0.1) is 5.41 Å². The Kier molecular flexibility index (Phi) is 4.09. The molecule has 3 amide bonds. The summed E-state index contributed by atoms with van der Waals surface area (Å²) in [5.41, 5.74) is 2.24. The topological polar surface area (TPSA) is 90.0 Å². The van der Waals surface area contributed by atoms with Gasteiger partial charge < -0.3 is 14.9 Å². The molecule has 4 rings (SSSR count). The van der Waals surface area contributed by atoms with E-state index in [1.807, 2.05) is 18.2 Å². The molecule has 26 heavy (non-hydrogen) atoms. The number of piperidine rings is 2. The van der Waals surface area contributed by atoms with Crippen LogP contribution in [0.5, 0.6) is 0 Å². The molecule has 1 spiro atoms. The number of carbonyl (C=O) groups is 3. The van der Waals surface area contributed by atoms with Gasteiger partial charge in [-0.15, -0.1) is 0 Å². The van der Waals surface area contributed by atoms with E-state index in [4.69, 9.17) is 0 Å². The second-order valence-electron chi connectivity index (χ2n) is 7.67. The molecule has 0 aromatic heterocycles. The molecule has 3 aliphatic heterocycles. The predicted molar refractivity (Wildman–Crippen MR) is 94.9 cm³/mol. The lowest BCUT2D eigenvalue weighted by atomic mass is 9.70. The van der Waals surface area contributed by atoms with Gasteiger partial charge in [-0.1, -0.05) is 18.2 Å². The molecule has 3 aliphatic rings. The fourth-order valence-electron chi connectivity index (χ4n) is 4.61. The molecule has 1 unspecified atom stereocenters. The summed E-state index contributed by atoms with van der Waals surface area (Å²) >= 11 is 0. The number of anilines is 1. The number of benzene rings is 1. The molecule has 1 aromatic rings. The van der Waals surface area contributed by atoms with Crippen molar-refractivity contribution in [1.82, 2.24) is 10.2 Å². The van der Waals surface area contributed by atoms with Crippen LogP contribution >= 0.6 is 0 Å². The Morgan fingerprint density at radius 1 is 1.19 bits per heavy atom. The van der Waals surface area contributed by atoms with E-state index in [-0.39, 0.29) is 23.3 Å². The van der Waals surface area contributed by atoms with E-state index >= 15 is 0 Å². The van der Waals surface area contributed by atoms with Gasteiger partial charge in [0.2, 0.25) is 11.8 Å². The minimum Gasteiger partial charge on any atom is -0.465 e. The van der Waals surface area contributed by atoms with E-state index in [2.05, 4.69) is 16.3 Å². The number of hydrogen-bond acceptors (Lipinski definition) is 4. The molecule has 3 heterocycles. The Bertz CT molecular complexity index is 755. The summed E-state index contributed by atoms with van der Waals surface area (Å²) in [5, 5.41) is 11.7. The van der Waals surface area contributed by atoms with Gasteiger partial charge in [-0.05, 0) is 42.7 Å². The van der Waals surface area contributed by atoms with Crippen molar-refractivity contribution < 1.29 is 19.5 Å². The van der Waals surface area contributed by atoms with E-state index in [0.717, 1.165) is 31.5 Å². The normalized spacial score (nSPS) is 25.0. The second kappa shape index (κ2) is 6.30. The first-order chi connectivity index (χ1) is 12.5. The van der Waals surface area contributed by atoms with Crippen LogP contribution in [0.15, 0.2) is 24.3 Å². The first-order valence-electron chi connectivity index (χ1n) is 9.14. The lowest BCUT2D eigenvalue weighted by Gasteiger charge is -2.50. The number of rotatable bonds is 1. The fourth-order valence-corrected chi connectivity index (χ4v) is 4.61. The summed E-state index contributed by atoms with van der Waals surface area (Å²) < 4.78 is 0. The number of hydrogen-bond donors (Lipinski definition) is 2. The summed E-state index contributed by atoms with van der Waals surface area (Å²) in [6.07, 6.45) is 2.50. The van der Waals surface area contributed by atoms with E-state index in [9.17, 15) is 19.5 Å². The zero-order chi connectivity index (χ0) is 18.3. The van der Waals surface area contributed by atoms with E-state index in [0.29, 0.717) is 25.9 Å². The van der Waals surface area contributed by atoms with Crippen molar-refractivity contribution in [3.63, 3.8) is 0 Å². The third kappa shape index (κ3) is 2.91. The van der Waals surface area contributed by atoms with Crippen LogP contribution in [0.4, 0.5) is 10.5 Å². The average Bonchev–Trinajstić information content (AvgIpc) is 2.61. The summed E-state index contributed by atoms with van der Waals surface area (Å²) in [6.45, 7) is 1.78. The van der Waals surface area contributed by atoms with Crippen molar-refractivity contribution >= 4 is 23.6 Å². The number of imide groups is 1. The predicted octanol–water partition coefficient (Wildman–Crippen LogP) is 1.61. The van der Waals surface area contributed by atoms with Crippen molar-refractivity contribution in [2.24, 2.45) is 5.41 Å². The van der Waals surface area contributed by atoms with Crippen LogP contribution in [0.2, 0.25) is 0 Å². The molecule has 2 N–H and O–H groups in total. The summed E-state index contributed by atoms with van der Waals surface area (Å²) in [6, 6.07) is 7.77. The molecule has 0 saturated carbocycles. The van der Waals surface area contributed by atoms with Gasteiger partial charge in [0.25, 0.3) is 0 Å². The summed E-state index contributed by atoms with van der Waals surface area (Å²) in [4.78, 5) is 38.9. The molecule has 2 fully saturated rings. The Labute approximate surface area is 152 Å². The molecule has 0 radical (unpaired) electrons. The van der Waals surface area contributed by atoms with Crippen LogP contribution in [-0.2, 0) is 16.0 Å². The monoisotopic (exact) mass is 357 g/mol. The highest BCUT2D eigenvalue weighted by Gasteiger charge is 2.44. The molecule has 2 saturated heterocycles. The minimum absolute atomic E-state index is 0.0258. The van der Waals surface area contributed by atoms with E-state index < -0.39 is 6.09 Å². The van der Waals surface area contributed by atoms with Crippen molar-refractivity contribution in [2.75, 3.05) is 24.5 Å². The highest BCUT2D eigenvalue weighted by molar-refractivity contribution is 6.01. The zero-order valence-electron chi connectivity index (χ0n) is 14.6. The largest absolute Gasteiger partial charge is 0.465 e. The lowest BCUT2D eigenvalue weighted by Crippen LogP contribution is -2.58. The van der Waals surface area contributed by atoms with Gasteiger partial charge in [0.15, 0.2) is 0 Å². The zero-order valence-corrected chi connectivity index (χ0v) is 14.6. The smallest absolute Gasteiger partial charge is 0.407 e. The molecule has 1 atom stereocenters. The molecule has 0 bridgehead atoms. The number of likely N-dealkylation sites (tertiary alicyclic amines) is 1.